The smallest absolute Gasteiger partial charge is 0.265 e. The summed E-state index contributed by atoms with van der Waals surface area (Å²) in [5, 5.41) is 0. The summed E-state index contributed by atoms with van der Waals surface area (Å²) in [6, 6.07) is 11.7. The molecule has 0 unspecified atom stereocenters. The molecule has 0 spiro atoms. The van der Waals surface area contributed by atoms with Crippen LogP contribution in [0.2, 0.25) is 0 Å². The van der Waals surface area contributed by atoms with E-state index in [1.54, 1.807) is 23.1 Å². The van der Waals surface area contributed by atoms with E-state index >= 15 is 0 Å². The summed E-state index contributed by atoms with van der Waals surface area (Å²) < 4.78 is 33.8. The fourth-order valence-corrected chi connectivity index (χ4v) is 4.23. The summed E-state index contributed by atoms with van der Waals surface area (Å²) in [4.78, 5) is 14.5. The number of nitrogens with zero attached hydrogens (tertiary/aromatic N) is 1. The number of benzene rings is 2. The third kappa shape index (κ3) is 5.73. The highest BCUT2D eigenvalue weighted by Gasteiger charge is 2.23. The van der Waals surface area contributed by atoms with E-state index in [1.807, 2.05) is 26.0 Å². The van der Waals surface area contributed by atoms with Crippen LogP contribution >= 0.6 is 0 Å². The van der Waals surface area contributed by atoms with Gasteiger partial charge < -0.3 is 9.64 Å². The van der Waals surface area contributed by atoms with Crippen molar-refractivity contribution < 1.29 is 17.9 Å². The predicted octanol–water partition coefficient (Wildman–Crippen LogP) is 4.32. The molecule has 2 aromatic rings. The molecule has 2 rings (SSSR count). The van der Waals surface area contributed by atoms with E-state index in [2.05, 4.69) is 11.6 Å². The number of carbonyl (C=O) groups excluding carboxylic acids is 1. The predicted molar refractivity (Wildman–Crippen MR) is 116 cm³/mol. The zero-order valence-corrected chi connectivity index (χ0v) is 18.4. The van der Waals surface area contributed by atoms with Crippen LogP contribution in [0.15, 0.2) is 47.4 Å². The van der Waals surface area contributed by atoms with Gasteiger partial charge in [-0.3, -0.25) is 9.52 Å². The summed E-state index contributed by atoms with van der Waals surface area (Å²) in [6.45, 7) is 7.22. The van der Waals surface area contributed by atoms with Gasteiger partial charge in [0, 0.05) is 24.3 Å². The molecule has 7 heteroatoms. The fraction of sp³-hybridized carbons (Fsp3) is 0.409. The molecule has 0 saturated heterocycles. The molecule has 158 valence electrons. The van der Waals surface area contributed by atoms with Crippen molar-refractivity contribution in [3.05, 3.63) is 53.6 Å². The minimum atomic E-state index is -3.93. The van der Waals surface area contributed by atoms with Crippen molar-refractivity contribution in [1.29, 1.82) is 0 Å². The van der Waals surface area contributed by atoms with Crippen LogP contribution in [0.1, 0.15) is 49.5 Å². The lowest BCUT2D eigenvalue weighted by Gasteiger charge is -2.21. The standard InChI is InChI=1S/C22H30N2O4S/c1-5-8-15-24(7-3)22(25)18-11-14-20(28-4)21(16-18)29(26,27)23-19-12-9-17(6-2)10-13-19/h9-14,16,23H,5-8,15H2,1-4H3. The van der Waals surface area contributed by atoms with Crippen LogP contribution in [-0.4, -0.2) is 39.4 Å². The number of unbranched alkanes of at least 4 members (excludes halogenated alkanes) is 1. The number of sulfonamides is 1. The molecule has 0 heterocycles. The number of methoxy groups -OCH3 is 1. The average molecular weight is 419 g/mol. The van der Waals surface area contributed by atoms with Gasteiger partial charge in [0.15, 0.2) is 0 Å². The van der Waals surface area contributed by atoms with E-state index in [0.717, 1.165) is 24.8 Å². The van der Waals surface area contributed by atoms with Crippen LogP contribution in [0.25, 0.3) is 0 Å². The molecule has 6 nitrogen and oxygen atoms in total. The Balaban J connectivity index is 2.36. The largest absolute Gasteiger partial charge is 0.495 e. The summed E-state index contributed by atoms with van der Waals surface area (Å²) in [6.07, 6.45) is 2.75. The Kier molecular flexibility index (Phi) is 8.08. The minimum Gasteiger partial charge on any atom is -0.495 e. The van der Waals surface area contributed by atoms with Gasteiger partial charge in [0.2, 0.25) is 0 Å². The molecule has 0 saturated carbocycles. The maximum Gasteiger partial charge on any atom is 0.265 e. The molecule has 1 N–H and O–H groups in total. The van der Waals surface area contributed by atoms with Crippen molar-refractivity contribution >= 4 is 21.6 Å². The highest BCUT2D eigenvalue weighted by atomic mass is 32.2. The van der Waals surface area contributed by atoms with Crippen molar-refractivity contribution in [3.8, 4) is 5.75 Å². The Bertz CT molecular complexity index is 924. The average Bonchev–Trinajstić information content (AvgIpc) is 2.74. The van der Waals surface area contributed by atoms with Gasteiger partial charge in [-0.25, -0.2) is 8.42 Å². The van der Waals surface area contributed by atoms with E-state index < -0.39 is 10.0 Å². The van der Waals surface area contributed by atoms with Crippen molar-refractivity contribution in [2.24, 2.45) is 0 Å². The number of hydrogen-bond acceptors (Lipinski definition) is 4. The summed E-state index contributed by atoms with van der Waals surface area (Å²) >= 11 is 0. The number of carbonyl (C=O) groups is 1. The van der Waals surface area contributed by atoms with Crippen molar-refractivity contribution in [2.45, 2.75) is 44.9 Å². The molecule has 0 atom stereocenters. The van der Waals surface area contributed by atoms with Gasteiger partial charge in [-0.15, -0.1) is 0 Å². The maximum atomic E-state index is 13.0. The van der Waals surface area contributed by atoms with E-state index in [4.69, 9.17) is 4.74 Å². The Morgan fingerprint density at radius 3 is 2.31 bits per heavy atom. The SMILES string of the molecule is CCCCN(CC)C(=O)c1ccc(OC)c(S(=O)(=O)Nc2ccc(CC)cc2)c1. The van der Waals surface area contributed by atoms with Gasteiger partial charge in [0.25, 0.3) is 15.9 Å². The first-order valence-corrected chi connectivity index (χ1v) is 11.4. The fourth-order valence-electron chi connectivity index (χ4n) is 2.97. The topological polar surface area (TPSA) is 75.7 Å². The number of hydrogen-bond donors (Lipinski definition) is 1. The Hall–Kier alpha value is -2.54. The van der Waals surface area contributed by atoms with Crippen LogP contribution in [-0.2, 0) is 16.4 Å². The van der Waals surface area contributed by atoms with Crippen LogP contribution < -0.4 is 9.46 Å². The number of aryl methyl sites for hydroxylation is 1. The first kappa shape index (κ1) is 22.7. The number of ether oxygens (including phenoxy) is 1. The maximum absolute atomic E-state index is 13.0. The molecule has 0 fully saturated rings. The van der Waals surface area contributed by atoms with Crippen molar-refractivity contribution in [2.75, 3.05) is 24.9 Å². The van der Waals surface area contributed by atoms with E-state index in [9.17, 15) is 13.2 Å². The molecule has 0 aliphatic rings. The molecule has 29 heavy (non-hydrogen) atoms. The molecule has 1 amide bonds. The first-order valence-electron chi connectivity index (χ1n) is 9.95. The van der Waals surface area contributed by atoms with E-state index in [-0.39, 0.29) is 16.6 Å². The molecular weight excluding hydrogens is 388 g/mol. The van der Waals surface area contributed by atoms with Crippen LogP contribution in [0.5, 0.6) is 5.75 Å². The Morgan fingerprint density at radius 2 is 1.76 bits per heavy atom. The zero-order chi connectivity index (χ0) is 21.4. The number of amides is 1. The highest BCUT2D eigenvalue weighted by Crippen LogP contribution is 2.28. The van der Waals surface area contributed by atoms with Gasteiger partial charge in [0.05, 0.1) is 7.11 Å². The third-order valence-corrected chi connectivity index (χ3v) is 6.17. The molecule has 0 radical (unpaired) electrons. The number of rotatable bonds is 10. The van der Waals surface area contributed by atoms with Gasteiger partial charge in [0.1, 0.15) is 10.6 Å². The van der Waals surface area contributed by atoms with Gasteiger partial charge in [-0.2, -0.15) is 0 Å². The highest BCUT2D eigenvalue weighted by molar-refractivity contribution is 7.92. The second-order valence-corrected chi connectivity index (χ2v) is 8.41. The zero-order valence-electron chi connectivity index (χ0n) is 17.6. The van der Waals surface area contributed by atoms with Crippen LogP contribution in [0, 0.1) is 0 Å². The van der Waals surface area contributed by atoms with Crippen molar-refractivity contribution in [1.82, 2.24) is 4.90 Å². The van der Waals surface area contributed by atoms with E-state index in [0.29, 0.717) is 24.3 Å². The molecule has 0 bridgehead atoms. The van der Waals surface area contributed by atoms with E-state index in [1.165, 1.54) is 19.2 Å². The number of anilines is 1. The molecular formula is C22H30N2O4S. The molecule has 0 aromatic heterocycles. The first-order chi connectivity index (χ1) is 13.9. The Morgan fingerprint density at radius 1 is 1.07 bits per heavy atom. The quantitative estimate of drug-likeness (QED) is 0.623. The van der Waals surface area contributed by atoms with Crippen LogP contribution in [0.3, 0.4) is 0 Å². The third-order valence-electron chi connectivity index (χ3n) is 4.77. The lowest BCUT2D eigenvalue weighted by molar-refractivity contribution is 0.0762. The minimum absolute atomic E-state index is 0.0584. The molecule has 0 aliphatic heterocycles. The van der Waals surface area contributed by atoms with Gasteiger partial charge in [-0.05, 0) is 55.7 Å². The summed E-state index contributed by atoms with van der Waals surface area (Å²) in [7, 11) is -2.52. The monoisotopic (exact) mass is 418 g/mol. The van der Waals surface area contributed by atoms with Gasteiger partial charge >= 0.3 is 0 Å². The summed E-state index contributed by atoms with van der Waals surface area (Å²) in [5.74, 6) is 0.00295. The summed E-state index contributed by atoms with van der Waals surface area (Å²) in [5.41, 5.74) is 1.90. The normalized spacial score (nSPS) is 11.2. The second kappa shape index (κ2) is 10.3. The second-order valence-electron chi connectivity index (χ2n) is 6.76. The van der Waals surface area contributed by atoms with Crippen molar-refractivity contribution in [3.63, 3.8) is 0 Å². The number of nitrogens with one attached hydrogen (secondary N) is 1. The molecule has 2 aromatic carbocycles. The molecule has 0 aliphatic carbocycles. The Labute approximate surface area is 173 Å². The van der Waals surface area contributed by atoms with Crippen LogP contribution in [0.4, 0.5) is 5.69 Å². The van der Waals surface area contributed by atoms with Gasteiger partial charge in [-0.1, -0.05) is 32.4 Å². The lowest BCUT2D eigenvalue weighted by Crippen LogP contribution is -2.32. The lowest BCUT2D eigenvalue weighted by atomic mass is 10.1.